The van der Waals surface area contributed by atoms with E-state index >= 15 is 0 Å². The topological polar surface area (TPSA) is 107 Å². The van der Waals surface area contributed by atoms with Gasteiger partial charge in [0.1, 0.15) is 0 Å². The molecule has 1 aliphatic heterocycles. The van der Waals surface area contributed by atoms with Crippen LogP contribution in [0.3, 0.4) is 0 Å². The van der Waals surface area contributed by atoms with E-state index in [9.17, 15) is 23.1 Å². The molecule has 1 atom stereocenters. The SMILES string of the molecule is CC(c1ccc(Cl)cc1)N(Cc1ccc(C(=O)NS(C)(=O)=O)cc1)C1CCN(C(=O)O)CC1. The molecule has 2 amide bonds. The molecule has 2 aromatic carbocycles. The van der Waals surface area contributed by atoms with Gasteiger partial charge in [0.2, 0.25) is 10.0 Å². The molecule has 0 aliphatic carbocycles. The van der Waals surface area contributed by atoms with E-state index in [4.69, 9.17) is 11.6 Å². The quantitative estimate of drug-likeness (QED) is 0.608. The minimum atomic E-state index is -3.63. The van der Waals surface area contributed by atoms with Crippen molar-refractivity contribution in [2.75, 3.05) is 19.3 Å². The molecule has 8 nitrogen and oxygen atoms in total. The molecule has 2 N–H and O–H groups in total. The lowest BCUT2D eigenvalue weighted by atomic mass is 9.97. The summed E-state index contributed by atoms with van der Waals surface area (Å²) in [5.74, 6) is -0.670. The summed E-state index contributed by atoms with van der Waals surface area (Å²) in [6, 6.07) is 14.8. The van der Waals surface area contributed by atoms with Crippen molar-refractivity contribution in [3.8, 4) is 0 Å². The van der Waals surface area contributed by atoms with Crippen molar-refractivity contribution in [2.45, 2.75) is 38.4 Å². The summed E-state index contributed by atoms with van der Waals surface area (Å²) in [4.78, 5) is 27.2. The number of carbonyl (C=O) groups is 2. The Balaban J connectivity index is 1.80. The van der Waals surface area contributed by atoms with Crippen molar-refractivity contribution in [3.05, 3.63) is 70.2 Å². The summed E-state index contributed by atoms with van der Waals surface area (Å²) in [5, 5.41) is 9.94. The second-order valence-electron chi connectivity index (χ2n) is 8.30. The first-order valence-electron chi connectivity index (χ1n) is 10.6. The predicted molar refractivity (Wildman–Crippen MR) is 127 cm³/mol. The second-order valence-corrected chi connectivity index (χ2v) is 10.5. The van der Waals surface area contributed by atoms with Crippen LogP contribution in [0.15, 0.2) is 48.5 Å². The Labute approximate surface area is 199 Å². The van der Waals surface area contributed by atoms with Crippen molar-refractivity contribution in [1.82, 2.24) is 14.5 Å². The van der Waals surface area contributed by atoms with Crippen LogP contribution in [0, 0.1) is 0 Å². The Kier molecular flexibility index (Phi) is 7.99. The molecule has 0 spiro atoms. The number of hydrogen-bond donors (Lipinski definition) is 2. The molecule has 2 aromatic rings. The third-order valence-electron chi connectivity index (χ3n) is 5.91. The van der Waals surface area contributed by atoms with Gasteiger partial charge in [-0.05, 0) is 55.2 Å². The number of likely N-dealkylation sites (tertiary alicyclic amines) is 1. The number of benzene rings is 2. The third kappa shape index (κ3) is 6.93. The molecule has 3 rings (SSSR count). The highest BCUT2D eigenvalue weighted by atomic mass is 35.5. The average Bonchev–Trinajstić information content (AvgIpc) is 2.77. The lowest BCUT2D eigenvalue weighted by Crippen LogP contribution is -2.46. The highest BCUT2D eigenvalue weighted by Crippen LogP contribution is 2.30. The van der Waals surface area contributed by atoms with E-state index in [2.05, 4.69) is 11.8 Å². The molecular weight excluding hydrogens is 466 g/mol. The maximum atomic E-state index is 12.1. The molecule has 1 heterocycles. The third-order valence-corrected chi connectivity index (χ3v) is 6.72. The van der Waals surface area contributed by atoms with Crippen LogP contribution in [0.5, 0.6) is 0 Å². The Morgan fingerprint density at radius 2 is 1.70 bits per heavy atom. The molecule has 0 bridgehead atoms. The van der Waals surface area contributed by atoms with Crippen LogP contribution in [0.25, 0.3) is 0 Å². The molecule has 1 aliphatic rings. The van der Waals surface area contributed by atoms with Gasteiger partial charge in [0, 0.05) is 42.3 Å². The molecule has 0 radical (unpaired) electrons. The van der Waals surface area contributed by atoms with Crippen molar-refractivity contribution in [2.24, 2.45) is 0 Å². The number of sulfonamides is 1. The number of amides is 2. The number of carbonyl (C=O) groups excluding carboxylic acids is 1. The fraction of sp³-hybridized carbons (Fsp3) is 0.391. The smallest absolute Gasteiger partial charge is 0.407 e. The summed E-state index contributed by atoms with van der Waals surface area (Å²) in [5.41, 5.74) is 2.33. The van der Waals surface area contributed by atoms with Crippen molar-refractivity contribution in [3.63, 3.8) is 0 Å². The van der Waals surface area contributed by atoms with Crippen LogP contribution >= 0.6 is 11.6 Å². The number of nitrogens with zero attached hydrogens (tertiary/aromatic N) is 2. The lowest BCUT2D eigenvalue weighted by Gasteiger charge is -2.41. The van der Waals surface area contributed by atoms with E-state index in [0.717, 1.165) is 30.2 Å². The Morgan fingerprint density at radius 3 is 2.21 bits per heavy atom. The summed E-state index contributed by atoms with van der Waals surface area (Å²) in [6.07, 6.45) is 1.48. The first-order valence-corrected chi connectivity index (χ1v) is 12.9. The first-order chi connectivity index (χ1) is 15.5. The Hall–Kier alpha value is -2.62. The molecule has 1 saturated heterocycles. The first kappa shape index (κ1) is 25.0. The van der Waals surface area contributed by atoms with Gasteiger partial charge in [-0.2, -0.15) is 0 Å². The molecule has 1 fully saturated rings. The standard InChI is InChI=1S/C23H28ClN3O5S/c1-16(18-7-9-20(24)10-8-18)27(21-11-13-26(14-12-21)23(29)30)15-17-3-5-19(6-4-17)22(28)25-33(2,31)32/h3-10,16,21H,11-15H2,1-2H3,(H,25,28)(H,29,30). The highest BCUT2D eigenvalue weighted by Gasteiger charge is 2.30. The van der Waals surface area contributed by atoms with Crippen molar-refractivity contribution < 1.29 is 23.1 Å². The maximum Gasteiger partial charge on any atom is 0.407 e. The molecule has 1 unspecified atom stereocenters. The second kappa shape index (κ2) is 10.5. The fourth-order valence-corrected chi connectivity index (χ4v) is 4.68. The minimum absolute atomic E-state index is 0.0526. The van der Waals surface area contributed by atoms with Crippen LogP contribution < -0.4 is 4.72 Å². The van der Waals surface area contributed by atoms with E-state index in [1.54, 1.807) is 12.1 Å². The number of hydrogen-bond acceptors (Lipinski definition) is 5. The zero-order chi connectivity index (χ0) is 24.2. The summed E-state index contributed by atoms with van der Waals surface area (Å²) in [7, 11) is -3.63. The number of nitrogens with one attached hydrogen (secondary N) is 1. The highest BCUT2D eigenvalue weighted by molar-refractivity contribution is 7.89. The Bertz CT molecular complexity index is 1080. The van der Waals surface area contributed by atoms with Gasteiger partial charge >= 0.3 is 6.09 Å². The van der Waals surface area contributed by atoms with Gasteiger partial charge in [0.15, 0.2) is 0 Å². The normalized spacial score (nSPS) is 15.9. The van der Waals surface area contributed by atoms with E-state index in [-0.39, 0.29) is 17.6 Å². The zero-order valence-corrected chi connectivity index (χ0v) is 20.1. The molecular formula is C23H28ClN3O5S. The Morgan fingerprint density at radius 1 is 1.12 bits per heavy atom. The largest absolute Gasteiger partial charge is 0.465 e. The van der Waals surface area contributed by atoms with Crippen LogP contribution in [0.1, 0.15) is 47.3 Å². The fourth-order valence-electron chi connectivity index (χ4n) is 4.10. The molecule has 0 saturated carbocycles. The van der Waals surface area contributed by atoms with Crippen molar-refractivity contribution >= 4 is 33.6 Å². The average molecular weight is 494 g/mol. The molecule has 10 heteroatoms. The summed E-state index contributed by atoms with van der Waals surface area (Å²) >= 11 is 6.06. The number of piperidine rings is 1. The summed E-state index contributed by atoms with van der Waals surface area (Å²) in [6.45, 7) is 3.67. The van der Waals surface area contributed by atoms with Gasteiger partial charge < -0.3 is 10.0 Å². The van der Waals surface area contributed by atoms with Gasteiger partial charge in [0.05, 0.1) is 6.26 Å². The van der Waals surface area contributed by atoms with Crippen LogP contribution in [-0.2, 0) is 16.6 Å². The van der Waals surface area contributed by atoms with Gasteiger partial charge in [-0.25, -0.2) is 17.9 Å². The van der Waals surface area contributed by atoms with E-state index in [0.29, 0.717) is 24.7 Å². The number of halogens is 1. The summed E-state index contributed by atoms with van der Waals surface area (Å²) < 4.78 is 24.6. The van der Waals surface area contributed by atoms with Gasteiger partial charge in [-0.3, -0.25) is 9.69 Å². The maximum absolute atomic E-state index is 12.1. The molecule has 178 valence electrons. The van der Waals surface area contributed by atoms with Crippen molar-refractivity contribution in [1.29, 1.82) is 0 Å². The zero-order valence-electron chi connectivity index (χ0n) is 18.6. The van der Waals surface area contributed by atoms with Gasteiger partial charge in [-0.15, -0.1) is 0 Å². The number of carboxylic acid groups (broad SMARTS) is 1. The minimum Gasteiger partial charge on any atom is -0.465 e. The molecule has 0 aromatic heterocycles. The van der Waals surface area contributed by atoms with E-state index in [1.165, 1.54) is 4.90 Å². The van der Waals surface area contributed by atoms with Gasteiger partial charge in [0.25, 0.3) is 5.91 Å². The monoisotopic (exact) mass is 493 g/mol. The predicted octanol–water partition coefficient (Wildman–Crippen LogP) is 3.74. The van der Waals surface area contributed by atoms with Gasteiger partial charge in [-0.1, -0.05) is 35.9 Å². The molecule has 33 heavy (non-hydrogen) atoms. The van der Waals surface area contributed by atoms with E-state index < -0.39 is 22.0 Å². The van der Waals surface area contributed by atoms with Crippen LogP contribution in [0.2, 0.25) is 5.02 Å². The lowest BCUT2D eigenvalue weighted by molar-refractivity contribution is 0.0689. The van der Waals surface area contributed by atoms with E-state index in [1.807, 2.05) is 41.1 Å². The number of rotatable bonds is 7. The van der Waals surface area contributed by atoms with Crippen LogP contribution in [-0.4, -0.2) is 60.7 Å². The van der Waals surface area contributed by atoms with Crippen LogP contribution in [0.4, 0.5) is 4.79 Å².